The highest BCUT2D eigenvalue weighted by Gasteiger charge is 2.17. The Morgan fingerprint density at radius 2 is 2.35 bits per heavy atom. The van der Waals surface area contributed by atoms with Crippen molar-refractivity contribution in [2.45, 2.75) is 18.1 Å². The SMILES string of the molecule is O=[N+]([O-])c1cccc2c(NCC3CCCS3)ccnc12. The Bertz CT molecular complexity index is 641. The summed E-state index contributed by atoms with van der Waals surface area (Å²) in [7, 11) is 0. The number of nitro benzene ring substituents is 1. The van der Waals surface area contributed by atoms with Gasteiger partial charge in [0, 0.05) is 35.1 Å². The maximum absolute atomic E-state index is 11.0. The van der Waals surface area contributed by atoms with Gasteiger partial charge >= 0.3 is 0 Å². The number of para-hydroxylation sites is 1. The van der Waals surface area contributed by atoms with Gasteiger partial charge in [0.25, 0.3) is 5.69 Å². The molecule has 3 rings (SSSR count). The molecule has 104 valence electrons. The maximum atomic E-state index is 11.0. The second-order valence-electron chi connectivity index (χ2n) is 4.80. The Labute approximate surface area is 120 Å². The lowest BCUT2D eigenvalue weighted by atomic mass is 10.1. The van der Waals surface area contributed by atoms with Gasteiger partial charge in [0.05, 0.1) is 4.92 Å². The molecule has 1 unspecified atom stereocenters. The van der Waals surface area contributed by atoms with Crippen molar-refractivity contribution in [3.63, 3.8) is 0 Å². The van der Waals surface area contributed by atoms with Gasteiger partial charge in [-0.25, -0.2) is 4.98 Å². The van der Waals surface area contributed by atoms with E-state index < -0.39 is 0 Å². The number of fused-ring (bicyclic) bond motifs is 1. The molecule has 1 aliphatic rings. The monoisotopic (exact) mass is 289 g/mol. The Kier molecular flexibility index (Phi) is 3.73. The van der Waals surface area contributed by atoms with Crippen LogP contribution in [0, 0.1) is 10.1 Å². The summed E-state index contributed by atoms with van der Waals surface area (Å²) >= 11 is 1.99. The lowest BCUT2D eigenvalue weighted by Gasteiger charge is -2.13. The minimum atomic E-state index is -0.383. The molecule has 1 N–H and O–H groups in total. The highest BCUT2D eigenvalue weighted by molar-refractivity contribution is 8.00. The van der Waals surface area contributed by atoms with Gasteiger partial charge in [-0.1, -0.05) is 12.1 Å². The largest absolute Gasteiger partial charge is 0.383 e. The van der Waals surface area contributed by atoms with Gasteiger partial charge in [-0.2, -0.15) is 11.8 Å². The smallest absolute Gasteiger partial charge is 0.295 e. The molecule has 20 heavy (non-hydrogen) atoms. The predicted molar refractivity (Wildman–Crippen MR) is 82.4 cm³/mol. The fourth-order valence-corrected chi connectivity index (χ4v) is 3.69. The van der Waals surface area contributed by atoms with Crippen molar-refractivity contribution in [2.75, 3.05) is 17.6 Å². The number of thioether (sulfide) groups is 1. The predicted octanol–water partition coefficient (Wildman–Crippen LogP) is 3.45. The van der Waals surface area contributed by atoms with Crippen molar-refractivity contribution >= 4 is 34.0 Å². The van der Waals surface area contributed by atoms with E-state index in [1.54, 1.807) is 12.3 Å². The third kappa shape index (κ3) is 2.56. The summed E-state index contributed by atoms with van der Waals surface area (Å²) < 4.78 is 0. The molecule has 2 heterocycles. The van der Waals surface area contributed by atoms with Gasteiger partial charge in [-0.15, -0.1) is 0 Å². The van der Waals surface area contributed by atoms with Crippen molar-refractivity contribution in [1.29, 1.82) is 0 Å². The number of rotatable bonds is 4. The van der Waals surface area contributed by atoms with Gasteiger partial charge < -0.3 is 5.32 Å². The maximum Gasteiger partial charge on any atom is 0.295 e. The van der Waals surface area contributed by atoms with Crippen LogP contribution < -0.4 is 5.32 Å². The van der Waals surface area contributed by atoms with Crippen LogP contribution in [0.1, 0.15) is 12.8 Å². The zero-order valence-electron chi connectivity index (χ0n) is 10.9. The van der Waals surface area contributed by atoms with Crippen LogP contribution in [0.15, 0.2) is 30.5 Å². The molecule has 1 aromatic carbocycles. The van der Waals surface area contributed by atoms with Crippen molar-refractivity contribution in [3.05, 3.63) is 40.6 Å². The molecule has 2 aromatic rings. The fraction of sp³-hybridized carbons (Fsp3) is 0.357. The second kappa shape index (κ2) is 5.66. The molecule has 5 nitrogen and oxygen atoms in total. The van der Waals surface area contributed by atoms with Crippen LogP contribution in [0.3, 0.4) is 0 Å². The summed E-state index contributed by atoms with van der Waals surface area (Å²) in [5.74, 6) is 1.23. The summed E-state index contributed by atoms with van der Waals surface area (Å²) in [5.41, 5.74) is 1.43. The van der Waals surface area contributed by atoms with Crippen LogP contribution in [0.2, 0.25) is 0 Å². The molecule has 0 bridgehead atoms. The molecule has 0 radical (unpaired) electrons. The number of hydrogen-bond acceptors (Lipinski definition) is 5. The van der Waals surface area contributed by atoms with Crippen LogP contribution in [-0.2, 0) is 0 Å². The molecule has 1 fully saturated rings. The molecule has 6 heteroatoms. The molecule has 1 aromatic heterocycles. The average molecular weight is 289 g/mol. The zero-order chi connectivity index (χ0) is 13.9. The van der Waals surface area contributed by atoms with E-state index in [0.717, 1.165) is 17.6 Å². The zero-order valence-corrected chi connectivity index (χ0v) is 11.7. The summed E-state index contributed by atoms with van der Waals surface area (Å²) in [6, 6.07) is 6.95. The highest BCUT2D eigenvalue weighted by atomic mass is 32.2. The van der Waals surface area contributed by atoms with E-state index >= 15 is 0 Å². The molecule has 0 saturated carbocycles. The Balaban J connectivity index is 1.90. The number of nitrogens with zero attached hydrogens (tertiary/aromatic N) is 2. The third-order valence-corrected chi connectivity index (χ3v) is 4.89. The van der Waals surface area contributed by atoms with E-state index in [0.29, 0.717) is 10.8 Å². The number of benzene rings is 1. The standard InChI is InChI=1S/C14H15N3O2S/c18-17(19)13-5-1-4-11-12(6-7-15-14(11)13)16-9-10-3-2-8-20-10/h1,4-7,10H,2-3,8-9H2,(H,15,16). The summed E-state index contributed by atoms with van der Waals surface area (Å²) in [4.78, 5) is 14.8. The van der Waals surface area contributed by atoms with E-state index in [-0.39, 0.29) is 10.6 Å². The summed E-state index contributed by atoms with van der Waals surface area (Å²) in [6.07, 6.45) is 4.14. The van der Waals surface area contributed by atoms with Crippen molar-refractivity contribution < 1.29 is 4.92 Å². The minimum Gasteiger partial charge on any atom is -0.383 e. The molecular formula is C14H15N3O2S. The molecular weight excluding hydrogens is 274 g/mol. The van der Waals surface area contributed by atoms with Crippen molar-refractivity contribution in [2.24, 2.45) is 0 Å². The Morgan fingerprint density at radius 3 is 3.10 bits per heavy atom. The number of nitro groups is 1. The van der Waals surface area contributed by atoms with Gasteiger partial charge in [0.15, 0.2) is 0 Å². The van der Waals surface area contributed by atoms with Crippen LogP contribution in [0.4, 0.5) is 11.4 Å². The number of non-ortho nitro benzene ring substituents is 1. The number of hydrogen-bond donors (Lipinski definition) is 1. The number of anilines is 1. The first kappa shape index (κ1) is 13.2. The lowest BCUT2D eigenvalue weighted by molar-refractivity contribution is -0.383. The quantitative estimate of drug-likeness (QED) is 0.689. The van der Waals surface area contributed by atoms with Gasteiger partial charge in [0.2, 0.25) is 0 Å². The first-order valence-corrected chi connectivity index (χ1v) is 7.68. The van der Waals surface area contributed by atoms with Crippen LogP contribution >= 0.6 is 11.8 Å². The number of nitrogens with one attached hydrogen (secondary N) is 1. The first-order chi connectivity index (χ1) is 9.75. The molecule has 1 aliphatic heterocycles. The van der Waals surface area contributed by atoms with E-state index in [2.05, 4.69) is 10.3 Å². The van der Waals surface area contributed by atoms with Crippen LogP contribution in [-0.4, -0.2) is 27.5 Å². The Morgan fingerprint density at radius 1 is 1.45 bits per heavy atom. The van der Waals surface area contributed by atoms with Crippen molar-refractivity contribution in [1.82, 2.24) is 4.98 Å². The van der Waals surface area contributed by atoms with E-state index in [1.165, 1.54) is 24.7 Å². The lowest BCUT2D eigenvalue weighted by Crippen LogP contribution is -2.13. The van der Waals surface area contributed by atoms with E-state index in [1.807, 2.05) is 23.9 Å². The number of aromatic nitrogens is 1. The summed E-state index contributed by atoms with van der Waals surface area (Å²) in [6.45, 7) is 0.895. The Hall–Kier alpha value is -1.82. The molecule has 0 amide bonds. The van der Waals surface area contributed by atoms with Gasteiger partial charge in [-0.05, 0) is 24.7 Å². The minimum absolute atomic E-state index is 0.0568. The molecule has 0 aliphatic carbocycles. The van der Waals surface area contributed by atoms with E-state index in [4.69, 9.17) is 0 Å². The van der Waals surface area contributed by atoms with Crippen LogP contribution in [0.5, 0.6) is 0 Å². The molecule has 1 atom stereocenters. The van der Waals surface area contributed by atoms with Crippen molar-refractivity contribution in [3.8, 4) is 0 Å². The highest BCUT2D eigenvalue weighted by Crippen LogP contribution is 2.30. The fourth-order valence-electron chi connectivity index (χ4n) is 2.49. The topological polar surface area (TPSA) is 68.1 Å². The normalized spacial score (nSPS) is 18.3. The molecule has 1 saturated heterocycles. The van der Waals surface area contributed by atoms with Crippen LogP contribution in [0.25, 0.3) is 10.9 Å². The van der Waals surface area contributed by atoms with Gasteiger partial charge in [0.1, 0.15) is 5.52 Å². The average Bonchev–Trinajstić information content (AvgIpc) is 2.97. The second-order valence-corrected chi connectivity index (χ2v) is 6.21. The third-order valence-electron chi connectivity index (χ3n) is 3.49. The van der Waals surface area contributed by atoms with E-state index in [9.17, 15) is 10.1 Å². The first-order valence-electron chi connectivity index (χ1n) is 6.63. The molecule has 0 spiro atoms. The number of pyridine rings is 1. The van der Waals surface area contributed by atoms with Gasteiger partial charge in [-0.3, -0.25) is 10.1 Å². The summed E-state index contributed by atoms with van der Waals surface area (Å²) in [5, 5.41) is 15.9.